The molecule has 1 atom stereocenters. The van der Waals surface area contributed by atoms with Crippen molar-refractivity contribution in [1.82, 2.24) is 10.6 Å². The molecule has 0 aliphatic heterocycles. The maximum Gasteiger partial charge on any atom is 0.312 e. The maximum atomic E-state index is 10.9. The molecule has 0 aromatic heterocycles. The van der Waals surface area contributed by atoms with E-state index in [0.717, 1.165) is 0 Å². The lowest BCUT2D eigenvalue weighted by atomic mass is 10.1. The Kier molecular flexibility index (Phi) is 5.62. The van der Waals surface area contributed by atoms with Crippen molar-refractivity contribution in [2.45, 2.75) is 18.9 Å². The Morgan fingerprint density at radius 3 is 2.54 bits per heavy atom. The lowest BCUT2D eigenvalue weighted by molar-refractivity contribution is -0.122. The molecule has 0 aliphatic rings. The Bertz CT molecular complexity index is 183. The lowest BCUT2D eigenvalue weighted by Crippen LogP contribution is -2.39. The maximum absolute atomic E-state index is 10.9. The number of primary amides is 1. The molecule has 0 rings (SSSR count). The van der Waals surface area contributed by atoms with Gasteiger partial charge in [0.15, 0.2) is 0 Å². The van der Waals surface area contributed by atoms with Gasteiger partial charge in [-0.15, -0.1) is 0 Å². The van der Waals surface area contributed by atoms with Gasteiger partial charge >= 0.3 is 6.03 Å². The van der Waals surface area contributed by atoms with Crippen molar-refractivity contribution in [2.24, 2.45) is 11.5 Å². The van der Waals surface area contributed by atoms with E-state index in [-0.39, 0.29) is 5.91 Å². The molecule has 0 saturated heterocycles. The summed E-state index contributed by atoms with van der Waals surface area (Å²) in [7, 11) is 1.53. The predicted molar refractivity (Wildman–Crippen MR) is 48.9 cm³/mol. The smallest absolute Gasteiger partial charge is 0.312 e. The van der Waals surface area contributed by atoms with Gasteiger partial charge in [0.05, 0.1) is 6.04 Å². The summed E-state index contributed by atoms with van der Waals surface area (Å²) in [6.07, 6.45) is 1.16. The van der Waals surface area contributed by atoms with E-state index in [1.54, 1.807) is 0 Å². The number of urea groups is 1. The van der Waals surface area contributed by atoms with Crippen molar-refractivity contribution in [3.05, 3.63) is 0 Å². The van der Waals surface area contributed by atoms with E-state index < -0.39 is 12.1 Å². The fourth-order valence-electron chi connectivity index (χ4n) is 0.850. The van der Waals surface area contributed by atoms with Gasteiger partial charge in [0.2, 0.25) is 5.91 Å². The second kappa shape index (κ2) is 6.24. The van der Waals surface area contributed by atoms with E-state index in [2.05, 4.69) is 10.6 Å². The van der Waals surface area contributed by atoms with E-state index >= 15 is 0 Å². The Labute approximate surface area is 77.0 Å². The molecule has 76 valence electrons. The third-order valence-corrected chi connectivity index (χ3v) is 1.57. The molecule has 3 amide bonds. The molecule has 0 saturated carbocycles. The summed E-state index contributed by atoms with van der Waals surface area (Å²) in [5.74, 6) is -0.195. The molecule has 0 spiro atoms. The van der Waals surface area contributed by atoms with E-state index in [0.29, 0.717) is 19.4 Å². The quantitative estimate of drug-likeness (QED) is 0.394. The number of hydrogen-bond acceptors (Lipinski definition) is 3. The number of likely N-dealkylation sites (N-methyl/N-ethyl adjacent to an activating group) is 1. The van der Waals surface area contributed by atoms with Crippen LogP contribution in [0.25, 0.3) is 0 Å². The van der Waals surface area contributed by atoms with E-state index in [9.17, 15) is 9.59 Å². The van der Waals surface area contributed by atoms with Crippen LogP contribution in [-0.4, -0.2) is 31.6 Å². The molecule has 0 aliphatic carbocycles. The summed E-state index contributed by atoms with van der Waals surface area (Å²) in [6.45, 7) is 0.444. The third kappa shape index (κ3) is 5.92. The summed E-state index contributed by atoms with van der Waals surface area (Å²) < 4.78 is 0. The number of carbonyl (C=O) groups is 2. The van der Waals surface area contributed by atoms with Crippen LogP contribution in [0.1, 0.15) is 12.8 Å². The fourth-order valence-corrected chi connectivity index (χ4v) is 0.850. The first kappa shape index (κ1) is 11.7. The summed E-state index contributed by atoms with van der Waals surface area (Å²) in [5.41, 5.74) is 10.3. The van der Waals surface area contributed by atoms with Crippen molar-refractivity contribution < 1.29 is 9.59 Å². The van der Waals surface area contributed by atoms with E-state index in [4.69, 9.17) is 11.5 Å². The largest absolute Gasteiger partial charge is 0.358 e. The van der Waals surface area contributed by atoms with Crippen LogP contribution in [-0.2, 0) is 4.79 Å². The average molecular weight is 188 g/mol. The number of amides is 3. The first-order valence-electron chi connectivity index (χ1n) is 4.08. The molecule has 6 nitrogen and oxygen atoms in total. The second-order valence-electron chi connectivity index (χ2n) is 2.65. The molecule has 0 fully saturated rings. The van der Waals surface area contributed by atoms with Crippen molar-refractivity contribution in [3.63, 3.8) is 0 Å². The highest BCUT2D eigenvalue weighted by atomic mass is 16.2. The van der Waals surface area contributed by atoms with Crippen LogP contribution in [0.2, 0.25) is 0 Å². The first-order chi connectivity index (χ1) is 6.07. The minimum Gasteiger partial charge on any atom is -0.358 e. The number of carbonyl (C=O) groups excluding carboxylic acids is 2. The van der Waals surface area contributed by atoms with Gasteiger partial charge in [-0.25, -0.2) is 4.79 Å². The van der Waals surface area contributed by atoms with Crippen LogP contribution in [0.3, 0.4) is 0 Å². The van der Waals surface area contributed by atoms with Gasteiger partial charge in [0.1, 0.15) is 0 Å². The topological polar surface area (TPSA) is 110 Å². The Morgan fingerprint density at radius 2 is 2.08 bits per heavy atom. The summed E-state index contributed by atoms with van der Waals surface area (Å²) >= 11 is 0. The van der Waals surface area contributed by atoms with Gasteiger partial charge in [-0.1, -0.05) is 0 Å². The van der Waals surface area contributed by atoms with Gasteiger partial charge in [-0.3, -0.25) is 4.79 Å². The zero-order chi connectivity index (χ0) is 10.3. The van der Waals surface area contributed by atoms with Crippen LogP contribution in [0.4, 0.5) is 4.79 Å². The minimum atomic E-state index is -0.562. The second-order valence-corrected chi connectivity index (χ2v) is 2.65. The van der Waals surface area contributed by atoms with Crippen molar-refractivity contribution in [2.75, 3.05) is 13.6 Å². The summed E-state index contributed by atoms with van der Waals surface area (Å²) in [4.78, 5) is 21.1. The van der Waals surface area contributed by atoms with Gasteiger partial charge in [0.25, 0.3) is 0 Å². The van der Waals surface area contributed by atoms with Crippen molar-refractivity contribution >= 4 is 11.9 Å². The van der Waals surface area contributed by atoms with Gasteiger partial charge < -0.3 is 22.1 Å². The van der Waals surface area contributed by atoms with Crippen LogP contribution in [0.15, 0.2) is 0 Å². The SMILES string of the molecule is CNC(=O)[C@H](N)CCCNC(N)=O. The molecule has 0 aromatic carbocycles. The zero-order valence-corrected chi connectivity index (χ0v) is 7.67. The number of rotatable bonds is 5. The molecule has 0 unspecified atom stereocenters. The Hall–Kier alpha value is -1.30. The molecular weight excluding hydrogens is 172 g/mol. The molecule has 6 N–H and O–H groups in total. The first-order valence-corrected chi connectivity index (χ1v) is 4.08. The average Bonchev–Trinajstić information content (AvgIpc) is 2.10. The zero-order valence-electron chi connectivity index (χ0n) is 7.67. The molecule has 6 heteroatoms. The normalized spacial score (nSPS) is 11.8. The molecule has 13 heavy (non-hydrogen) atoms. The predicted octanol–water partition coefficient (Wildman–Crippen LogP) is -1.49. The minimum absolute atomic E-state index is 0.195. The summed E-state index contributed by atoms with van der Waals surface area (Å²) in [6, 6.07) is -1.08. The Balaban J connectivity index is 3.42. The highest BCUT2D eigenvalue weighted by Crippen LogP contribution is 1.92. The van der Waals surface area contributed by atoms with Crippen LogP contribution in [0, 0.1) is 0 Å². The monoisotopic (exact) mass is 188 g/mol. The van der Waals surface area contributed by atoms with Gasteiger partial charge in [-0.2, -0.15) is 0 Å². The van der Waals surface area contributed by atoms with Gasteiger partial charge in [-0.05, 0) is 12.8 Å². The Morgan fingerprint density at radius 1 is 1.46 bits per heavy atom. The number of nitrogens with one attached hydrogen (secondary N) is 2. The fraction of sp³-hybridized carbons (Fsp3) is 0.714. The van der Waals surface area contributed by atoms with E-state index in [1.165, 1.54) is 7.05 Å². The van der Waals surface area contributed by atoms with Crippen LogP contribution < -0.4 is 22.1 Å². The highest BCUT2D eigenvalue weighted by Gasteiger charge is 2.09. The molecule has 0 heterocycles. The van der Waals surface area contributed by atoms with Crippen molar-refractivity contribution in [3.8, 4) is 0 Å². The number of hydrogen-bond donors (Lipinski definition) is 4. The number of nitrogens with two attached hydrogens (primary N) is 2. The molecule has 0 radical (unpaired) electrons. The van der Waals surface area contributed by atoms with Crippen LogP contribution >= 0.6 is 0 Å². The standard InChI is InChI=1S/C7H16N4O2/c1-10-6(12)5(8)3-2-4-11-7(9)13/h5H,2-4,8H2,1H3,(H,10,12)(H3,9,11,13)/t5-/m1/s1. The summed E-state index contributed by atoms with van der Waals surface area (Å²) in [5, 5.41) is 4.85. The van der Waals surface area contributed by atoms with E-state index in [1.807, 2.05) is 0 Å². The molecular formula is C7H16N4O2. The highest BCUT2D eigenvalue weighted by molar-refractivity contribution is 5.81. The molecule has 0 bridgehead atoms. The van der Waals surface area contributed by atoms with Gasteiger partial charge in [0, 0.05) is 13.6 Å². The lowest BCUT2D eigenvalue weighted by Gasteiger charge is -2.09. The van der Waals surface area contributed by atoms with Crippen molar-refractivity contribution in [1.29, 1.82) is 0 Å². The van der Waals surface area contributed by atoms with Crippen LogP contribution in [0.5, 0.6) is 0 Å². The molecule has 0 aromatic rings. The third-order valence-electron chi connectivity index (χ3n) is 1.57.